The second-order valence-electron chi connectivity index (χ2n) is 4.97. The highest BCUT2D eigenvalue weighted by Gasteiger charge is 2.32. The van der Waals surface area contributed by atoms with Gasteiger partial charge in [0, 0.05) is 17.5 Å². The van der Waals surface area contributed by atoms with Gasteiger partial charge in [0.15, 0.2) is 23.4 Å². The predicted octanol–water partition coefficient (Wildman–Crippen LogP) is 1.55. The monoisotopic (exact) mass is 290 g/mol. The molecule has 21 heavy (non-hydrogen) atoms. The van der Waals surface area contributed by atoms with Gasteiger partial charge < -0.3 is 30.3 Å². The van der Waals surface area contributed by atoms with E-state index in [9.17, 15) is 25.5 Å². The van der Waals surface area contributed by atoms with Crippen LogP contribution in [-0.4, -0.2) is 31.6 Å². The Kier molecular flexibility index (Phi) is 3.03. The molecule has 6 nitrogen and oxygen atoms in total. The van der Waals surface area contributed by atoms with Crippen molar-refractivity contribution in [1.82, 2.24) is 0 Å². The number of aliphatic hydroxyl groups is 1. The minimum absolute atomic E-state index is 0.0430. The van der Waals surface area contributed by atoms with Crippen molar-refractivity contribution in [1.29, 1.82) is 0 Å². The van der Waals surface area contributed by atoms with E-state index in [2.05, 4.69) is 0 Å². The lowest BCUT2D eigenvalue weighted by atomic mass is 9.94. The van der Waals surface area contributed by atoms with E-state index >= 15 is 0 Å². The Morgan fingerprint density at radius 1 is 0.952 bits per heavy atom. The number of phenolic OH excluding ortho intramolecular Hbond substituents is 4. The molecule has 1 aliphatic rings. The lowest BCUT2D eigenvalue weighted by molar-refractivity contribution is 0.0197. The van der Waals surface area contributed by atoms with Crippen LogP contribution in [0, 0.1) is 0 Å². The van der Waals surface area contributed by atoms with Crippen LogP contribution in [0.25, 0.3) is 0 Å². The van der Waals surface area contributed by atoms with Crippen molar-refractivity contribution in [2.24, 2.45) is 0 Å². The molecule has 0 bridgehead atoms. The van der Waals surface area contributed by atoms with Gasteiger partial charge in [-0.05, 0) is 24.3 Å². The van der Waals surface area contributed by atoms with Crippen LogP contribution in [0.1, 0.15) is 17.2 Å². The summed E-state index contributed by atoms with van der Waals surface area (Å²) in [6, 6.07) is 7.23. The molecule has 3 rings (SSSR count). The zero-order valence-corrected chi connectivity index (χ0v) is 10.9. The van der Waals surface area contributed by atoms with Crippen LogP contribution in [0.3, 0.4) is 0 Å². The molecule has 0 spiro atoms. The molecule has 2 atom stereocenters. The van der Waals surface area contributed by atoms with Crippen molar-refractivity contribution >= 4 is 0 Å². The number of phenols is 4. The Bertz CT molecular complexity index is 674. The fourth-order valence-corrected chi connectivity index (χ4v) is 2.48. The van der Waals surface area contributed by atoms with Crippen LogP contribution in [-0.2, 0) is 6.42 Å². The zero-order chi connectivity index (χ0) is 15.1. The molecule has 1 unspecified atom stereocenters. The first-order valence-electron chi connectivity index (χ1n) is 6.37. The first-order valence-corrected chi connectivity index (χ1v) is 6.37. The molecule has 5 N–H and O–H groups in total. The molecular formula is C15H14O6. The summed E-state index contributed by atoms with van der Waals surface area (Å²) in [6.45, 7) is 0. The second-order valence-corrected chi connectivity index (χ2v) is 4.97. The van der Waals surface area contributed by atoms with Crippen molar-refractivity contribution in [3.05, 3.63) is 41.5 Å². The number of rotatable bonds is 1. The molecule has 6 heteroatoms. The largest absolute Gasteiger partial charge is 0.508 e. The molecule has 0 saturated heterocycles. The lowest BCUT2D eigenvalue weighted by Gasteiger charge is -2.31. The normalized spacial score (nSPS) is 20.6. The number of hydrogen-bond donors (Lipinski definition) is 5. The van der Waals surface area contributed by atoms with Gasteiger partial charge in [-0.1, -0.05) is 6.07 Å². The van der Waals surface area contributed by atoms with Gasteiger partial charge in [0.25, 0.3) is 0 Å². The SMILES string of the molecule is Oc1cc(C2Oc3cccc(O)c3C[C@H]2O)cc(O)c1O. The van der Waals surface area contributed by atoms with Gasteiger partial charge in [-0.15, -0.1) is 0 Å². The number of hydrogen-bond acceptors (Lipinski definition) is 6. The summed E-state index contributed by atoms with van der Waals surface area (Å²) >= 11 is 0. The minimum atomic E-state index is -0.964. The standard InChI is InChI=1S/C15H14O6/c16-9-2-1-3-13-8(9)6-12(19)15(21-13)7-4-10(17)14(20)11(18)5-7/h1-5,12,15-20H,6H2/t12-,15?/m1/s1. The number of benzene rings is 2. The van der Waals surface area contributed by atoms with E-state index in [1.54, 1.807) is 12.1 Å². The Morgan fingerprint density at radius 2 is 1.62 bits per heavy atom. The summed E-state index contributed by atoms with van der Waals surface area (Å²) in [7, 11) is 0. The maximum atomic E-state index is 10.2. The van der Waals surface area contributed by atoms with E-state index in [1.165, 1.54) is 18.2 Å². The maximum Gasteiger partial charge on any atom is 0.200 e. The highest BCUT2D eigenvalue weighted by Crippen LogP contribution is 2.43. The Labute approximate surface area is 120 Å². The molecular weight excluding hydrogens is 276 g/mol. The number of ether oxygens (including phenoxy) is 1. The van der Waals surface area contributed by atoms with Gasteiger partial charge in [0.05, 0.1) is 6.10 Å². The predicted molar refractivity (Wildman–Crippen MR) is 72.6 cm³/mol. The van der Waals surface area contributed by atoms with Gasteiger partial charge in [-0.2, -0.15) is 0 Å². The first kappa shape index (κ1) is 13.4. The van der Waals surface area contributed by atoms with E-state index in [4.69, 9.17) is 4.74 Å². The number of aliphatic hydroxyl groups excluding tert-OH is 1. The second kappa shape index (κ2) is 4.75. The number of fused-ring (bicyclic) bond motifs is 1. The molecule has 0 saturated carbocycles. The molecule has 0 radical (unpaired) electrons. The van der Waals surface area contributed by atoms with E-state index in [-0.39, 0.29) is 12.2 Å². The fraction of sp³-hybridized carbons (Fsp3) is 0.200. The summed E-state index contributed by atoms with van der Waals surface area (Å²) in [6.07, 6.45) is -1.61. The van der Waals surface area contributed by atoms with Gasteiger partial charge in [0.2, 0.25) is 0 Å². The van der Waals surface area contributed by atoms with Crippen LogP contribution in [0.4, 0.5) is 0 Å². The molecule has 0 aliphatic carbocycles. The van der Waals surface area contributed by atoms with Crippen molar-refractivity contribution in [2.75, 3.05) is 0 Å². The molecule has 2 aromatic carbocycles. The Balaban J connectivity index is 2.01. The van der Waals surface area contributed by atoms with Gasteiger partial charge in [0.1, 0.15) is 11.5 Å². The average molecular weight is 290 g/mol. The number of aromatic hydroxyl groups is 4. The Hall–Kier alpha value is -2.60. The zero-order valence-electron chi connectivity index (χ0n) is 10.9. The van der Waals surface area contributed by atoms with Gasteiger partial charge in [-0.25, -0.2) is 0 Å². The smallest absolute Gasteiger partial charge is 0.200 e. The van der Waals surface area contributed by atoms with E-state index in [0.29, 0.717) is 16.9 Å². The fourth-order valence-electron chi connectivity index (χ4n) is 2.48. The summed E-state index contributed by atoms with van der Waals surface area (Å²) in [5, 5.41) is 48.4. The topological polar surface area (TPSA) is 110 Å². The third kappa shape index (κ3) is 2.19. The summed E-state index contributed by atoms with van der Waals surface area (Å²) in [5.41, 5.74) is 0.831. The van der Waals surface area contributed by atoms with Crippen LogP contribution in [0.15, 0.2) is 30.3 Å². The third-order valence-corrected chi connectivity index (χ3v) is 3.55. The molecule has 1 aliphatic heterocycles. The van der Waals surface area contributed by atoms with Crippen molar-refractivity contribution in [2.45, 2.75) is 18.6 Å². The molecule has 1 heterocycles. The molecule has 0 fully saturated rings. The quantitative estimate of drug-likeness (QED) is 0.510. The van der Waals surface area contributed by atoms with Crippen LogP contribution in [0.2, 0.25) is 0 Å². The van der Waals surface area contributed by atoms with Crippen molar-refractivity contribution in [3.8, 4) is 28.7 Å². The molecule has 0 amide bonds. The van der Waals surface area contributed by atoms with E-state index < -0.39 is 29.5 Å². The average Bonchev–Trinajstić information content (AvgIpc) is 2.45. The van der Waals surface area contributed by atoms with Crippen LogP contribution >= 0.6 is 0 Å². The minimum Gasteiger partial charge on any atom is -0.508 e. The summed E-state index contributed by atoms with van der Waals surface area (Å²) < 4.78 is 5.65. The third-order valence-electron chi connectivity index (χ3n) is 3.55. The lowest BCUT2D eigenvalue weighted by Crippen LogP contribution is -2.30. The summed E-state index contributed by atoms with van der Waals surface area (Å²) in [5.74, 6) is -1.15. The van der Waals surface area contributed by atoms with Gasteiger partial charge >= 0.3 is 0 Å². The van der Waals surface area contributed by atoms with Crippen LogP contribution in [0.5, 0.6) is 28.7 Å². The summed E-state index contributed by atoms with van der Waals surface area (Å²) in [4.78, 5) is 0. The van der Waals surface area contributed by atoms with Crippen LogP contribution < -0.4 is 4.74 Å². The molecule has 2 aromatic rings. The van der Waals surface area contributed by atoms with E-state index in [0.717, 1.165) is 0 Å². The Morgan fingerprint density at radius 3 is 2.29 bits per heavy atom. The molecule has 110 valence electrons. The van der Waals surface area contributed by atoms with E-state index in [1.807, 2.05) is 0 Å². The van der Waals surface area contributed by atoms with Crippen molar-refractivity contribution < 1.29 is 30.3 Å². The molecule has 0 aromatic heterocycles. The van der Waals surface area contributed by atoms with Gasteiger partial charge in [-0.3, -0.25) is 0 Å². The van der Waals surface area contributed by atoms with Crippen molar-refractivity contribution in [3.63, 3.8) is 0 Å². The maximum absolute atomic E-state index is 10.2. The highest BCUT2D eigenvalue weighted by atomic mass is 16.5. The first-order chi connectivity index (χ1) is 9.97. The highest BCUT2D eigenvalue weighted by molar-refractivity contribution is 5.53.